The van der Waals surface area contributed by atoms with Crippen LogP contribution in [0.1, 0.15) is 38.1 Å². The lowest BCUT2D eigenvalue weighted by molar-refractivity contribution is -0.111. The molecule has 2 N–H and O–H groups in total. The van der Waals surface area contributed by atoms with E-state index < -0.39 is 17.7 Å². The molecule has 0 radical (unpaired) electrons. The maximum Gasteiger partial charge on any atom is 0.341 e. The van der Waals surface area contributed by atoms with Crippen molar-refractivity contribution < 1.29 is 23.5 Å². The number of ether oxygens (including phenoxy) is 1. The number of benzene rings is 1. The fourth-order valence-electron chi connectivity index (χ4n) is 2.31. The molecule has 0 aliphatic rings. The van der Waals surface area contributed by atoms with Crippen LogP contribution in [0, 0.1) is 12.7 Å². The van der Waals surface area contributed by atoms with Gasteiger partial charge >= 0.3 is 5.97 Å². The zero-order chi connectivity index (χ0) is 20.0. The first-order valence-corrected chi connectivity index (χ1v) is 8.96. The minimum Gasteiger partial charge on any atom is -0.462 e. The molecule has 0 bridgehead atoms. The first-order chi connectivity index (χ1) is 12.9. The highest BCUT2D eigenvalue weighted by molar-refractivity contribution is 7.18. The Kier molecular flexibility index (Phi) is 6.84. The second kappa shape index (κ2) is 9.09. The first-order valence-electron chi connectivity index (χ1n) is 8.15. The van der Waals surface area contributed by atoms with Gasteiger partial charge in [0.05, 0.1) is 17.0 Å². The summed E-state index contributed by atoms with van der Waals surface area (Å²) in [6.45, 7) is 3.43. The van der Waals surface area contributed by atoms with Gasteiger partial charge in [0.2, 0.25) is 5.91 Å². The van der Waals surface area contributed by atoms with Crippen LogP contribution < -0.4 is 10.6 Å². The topological polar surface area (TPSA) is 84.5 Å². The van der Waals surface area contributed by atoms with Gasteiger partial charge in [-0.15, -0.1) is 11.3 Å². The third-order valence-electron chi connectivity index (χ3n) is 3.62. The number of halogens is 1. The van der Waals surface area contributed by atoms with E-state index >= 15 is 0 Å². The molecule has 0 saturated heterocycles. The number of anilines is 1. The van der Waals surface area contributed by atoms with E-state index in [0.717, 1.165) is 17.4 Å². The van der Waals surface area contributed by atoms with Gasteiger partial charge in [-0.05, 0) is 31.6 Å². The lowest BCUT2D eigenvalue weighted by Gasteiger charge is -2.05. The smallest absolute Gasteiger partial charge is 0.341 e. The summed E-state index contributed by atoms with van der Waals surface area (Å²) >= 11 is 0.973. The zero-order valence-electron chi connectivity index (χ0n) is 15.1. The van der Waals surface area contributed by atoms with Crippen molar-refractivity contribution in [2.24, 2.45) is 0 Å². The normalized spacial score (nSPS) is 10.7. The summed E-state index contributed by atoms with van der Waals surface area (Å²) in [5.74, 6) is -2.02. The Hall–Kier alpha value is -3.00. The number of hydrogen-bond acceptors (Lipinski definition) is 5. The van der Waals surface area contributed by atoms with Crippen molar-refractivity contribution in [3.8, 4) is 0 Å². The molecule has 2 amide bonds. The van der Waals surface area contributed by atoms with Crippen LogP contribution in [0.5, 0.6) is 0 Å². The van der Waals surface area contributed by atoms with Gasteiger partial charge in [0.15, 0.2) is 0 Å². The van der Waals surface area contributed by atoms with Crippen LogP contribution in [0.2, 0.25) is 0 Å². The molecule has 0 unspecified atom stereocenters. The fourth-order valence-corrected chi connectivity index (χ4v) is 3.45. The summed E-state index contributed by atoms with van der Waals surface area (Å²) in [6, 6.07) is 6.02. The van der Waals surface area contributed by atoms with Crippen LogP contribution >= 0.6 is 11.3 Å². The third-order valence-corrected chi connectivity index (χ3v) is 4.82. The summed E-state index contributed by atoms with van der Waals surface area (Å²) in [4.78, 5) is 36.8. The zero-order valence-corrected chi connectivity index (χ0v) is 15.9. The molecular formula is C19H19FN2O4S. The van der Waals surface area contributed by atoms with E-state index in [1.807, 2.05) is 0 Å². The maximum absolute atomic E-state index is 13.6. The Balaban J connectivity index is 2.31. The monoisotopic (exact) mass is 390 g/mol. The average molecular weight is 390 g/mol. The molecule has 0 fully saturated rings. The molecule has 0 spiro atoms. The second-order valence-electron chi connectivity index (χ2n) is 5.40. The summed E-state index contributed by atoms with van der Waals surface area (Å²) < 4.78 is 18.6. The molecule has 142 valence electrons. The summed E-state index contributed by atoms with van der Waals surface area (Å²) in [7, 11) is 1.47. The van der Waals surface area contributed by atoms with Crippen molar-refractivity contribution in [2.45, 2.75) is 13.8 Å². The molecule has 27 heavy (non-hydrogen) atoms. The Morgan fingerprint density at radius 1 is 1.26 bits per heavy atom. The van der Waals surface area contributed by atoms with Gasteiger partial charge in [0, 0.05) is 18.7 Å². The standard InChI is InChI=1S/C19H19FN2O4S/c1-4-26-19(25)15-11(2)16(17(24)21-3)27-18(15)22-14(23)10-9-12-7-5-6-8-13(12)20/h5-10H,4H2,1-3H3,(H,21,24)(H,22,23)/b10-9+. The van der Waals surface area contributed by atoms with Gasteiger partial charge in [-0.25, -0.2) is 9.18 Å². The lowest BCUT2D eigenvalue weighted by Crippen LogP contribution is -2.17. The van der Waals surface area contributed by atoms with Crippen molar-refractivity contribution in [1.29, 1.82) is 0 Å². The van der Waals surface area contributed by atoms with Gasteiger partial charge in [-0.3, -0.25) is 9.59 Å². The second-order valence-corrected chi connectivity index (χ2v) is 6.42. The number of nitrogens with one attached hydrogen (secondary N) is 2. The summed E-state index contributed by atoms with van der Waals surface area (Å²) in [6.07, 6.45) is 2.48. The number of rotatable bonds is 6. The molecule has 0 aliphatic carbocycles. The molecule has 1 aromatic heterocycles. The molecule has 2 rings (SSSR count). The van der Waals surface area contributed by atoms with Crippen molar-refractivity contribution >= 4 is 40.2 Å². The predicted octanol–water partition coefficient (Wildman–Crippen LogP) is 3.38. The molecule has 0 atom stereocenters. The van der Waals surface area contributed by atoms with E-state index in [2.05, 4.69) is 10.6 Å². The van der Waals surface area contributed by atoms with E-state index in [4.69, 9.17) is 4.74 Å². The van der Waals surface area contributed by atoms with E-state index in [-0.39, 0.29) is 28.6 Å². The molecule has 1 heterocycles. The fraction of sp³-hybridized carbons (Fsp3) is 0.211. The maximum atomic E-state index is 13.6. The Morgan fingerprint density at radius 3 is 2.59 bits per heavy atom. The number of amides is 2. The van der Waals surface area contributed by atoms with Gasteiger partial charge in [0.25, 0.3) is 5.91 Å². The molecule has 2 aromatic rings. The highest BCUT2D eigenvalue weighted by atomic mass is 32.1. The number of carbonyl (C=O) groups is 3. The van der Waals surface area contributed by atoms with Crippen molar-refractivity contribution in [1.82, 2.24) is 5.32 Å². The van der Waals surface area contributed by atoms with Gasteiger partial charge in [-0.1, -0.05) is 18.2 Å². The first kappa shape index (κ1) is 20.3. The van der Waals surface area contributed by atoms with Gasteiger partial charge < -0.3 is 15.4 Å². The predicted molar refractivity (Wildman–Crippen MR) is 102 cm³/mol. The highest BCUT2D eigenvalue weighted by Crippen LogP contribution is 2.33. The summed E-state index contributed by atoms with van der Waals surface area (Å²) in [5, 5.41) is 5.26. The Morgan fingerprint density at radius 2 is 1.96 bits per heavy atom. The SMILES string of the molecule is CCOC(=O)c1c(NC(=O)/C=C/c2ccccc2F)sc(C(=O)NC)c1C. The van der Waals surface area contributed by atoms with E-state index in [9.17, 15) is 18.8 Å². The quantitative estimate of drug-likeness (QED) is 0.585. The van der Waals surface area contributed by atoms with Crippen LogP contribution in [0.3, 0.4) is 0 Å². The molecule has 6 nitrogen and oxygen atoms in total. The van der Waals surface area contributed by atoms with Crippen LogP contribution in [-0.4, -0.2) is 31.4 Å². The largest absolute Gasteiger partial charge is 0.462 e. The van der Waals surface area contributed by atoms with Crippen LogP contribution in [0.4, 0.5) is 9.39 Å². The molecule has 0 aliphatic heterocycles. The molecule has 1 aromatic carbocycles. The number of hydrogen-bond donors (Lipinski definition) is 2. The highest BCUT2D eigenvalue weighted by Gasteiger charge is 2.25. The van der Waals surface area contributed by atoms with Crippen LogP contribution in [0.15, 0.2) is 30.3 Å². The van der Waals surface area contributed by atoms with E-state index in [0.29, 0.717) is 10.4 Å². The Labute approximate surface area is 160 Å². The van der Waals surface area contributed by atoms with E-state index in [1.165, 1.54) is 25.3 Å². The van der Waals surface area contributed by atoms with E-state index in [1.54, 1.807) is 26.0 Å². The molecular weight excluding hydrogens is 371 g/mol. The van der Waals surface area contributed by atoms with Crippen LogP contribution in [-0.2, 0) is 9.53 Å². The van der Waals surface area contributed by atoms with Gasteiger partial charge in [0.1, 0.15) is 10.8 Å². The minimum atomic E-state index is -0.630. The van der Waals surface area contributed by atoms with Crippen LogP contribution in [0.25, 0.3) is 6.08 Å². The third kappa shape index (κ3) is 4.79. The van der Waals surface area contributed by atoms with Gasteiger partial charge in [-0.2, -0.15) is 0 Å². The summed E-state index contributed by atoms with van der Waals surface area (Å²) in [5.41, 5.74) is 0.811. The van der Waals surface area contributed by atoms with Crippen molar-refractivity contribution in [2.75, 3.05) is 19.0 Å². The molecule has 0 saturated carbocycles. The Bertz CT molecular complexity index is 905. The minimum absolute atomic E-state index is 0.132. The average Bonchev–Trinajstić information content (AvgIpc) is 2.96. The number of carbonyl (C=O) groups excluding carboxylic acids is 3. The van der Waals surface area contributed by atoms with Crippen molar-refractivity contribution in [3.63, 3.8) is 0 Å². The number of thiophene rings is 1. The lowest BCUT2D eigenvalue weighted by atomic mass is 10.1. The number of esters is 1. The molecule has 8 heteroatoms. The van der Waals surface area contributed by atoms with Crippen molar-refractivity contribution in [3.05, 3.63) is 57.7 Å².